The maximum absolute atomic E-state index is 11.9. The Hall–Kier alpha value is -2.52. The second kappa shape index (κ2) is 7.61. The van der Waals surface area contributed by atoms with Crippen LogP contribution in [0.15, 0.2) is 30.2 Å². The van der Waals surface area contributed by atoms with Crippen molar-refractivity contribution in [3.8, 4) is 0 Å². The molecule has 1 aliphatic rings. The minimum Gasteiger partial charge on any atom is -0.364 e. The van der Waals surface area contributed by atoms with Gasteiger partial charge in [0.1, 0.15) is 10.8 Å². The van der Waals surface area contributed by atoms with E-state index in [4.69, 9.17) is 4.98 Å². The molecule has 1 saturated heterocycles. The average Bonchev–Trinajstić information content (AvgIpc) is 3.30. The number of piperidine rings is 1. The van der Waals surface area contributed by atoms with Crippen LogP contribution < -0.4 is 10.6 Å². The van der Waals surface area contributed by atoms with E-state index in [1.807, 2.05) is 29.3 Å². The molecule has 1 aliphatic heterocycles. The molecule has 7 nitrogen and oxygen atoms in total. The molecule has 2 N–H and O–H groups in total. The van der Waals surface area contributed by atoms with Crippen LogP contribution in [0, 0.1) is 6.92 Å². The predicted octanol–water partition coefficient (Wildman–Crippen LogP) is 3.79. The highest BCUT2D eigenvalue weighted by molar-refractivity contribution is 7.17. The van der Waals surface area contributed by atoms with E-state index < -0.39 is 0 Å². The largest absolute Gasteiger partial charge is 0.364 e. The molecule has 4 heterocycles. The van der Waals surface area contributed by atoms with Gasteiger partial charge in [0.2, 0.25) is 11.9 Å². The van der Waals surface area contributed by atoms with Crippen molar-refractivity contribution in [2.24, 2.45) is 0 Å². The summed E-state index contributed by atoms with van der Waals surface area (Å²) in [7, 11) is 0. The van der Waals surface area contributed by atoms with Gasteiger partial charge < -0.3 is 15.5 Å². The summed E-state index contributed by atoms with van der Waals surface area (Å²) >= 11 is 3.00. The summed E-state index contributed by atoms with van der Waals surface area (Å²) in [5.74, 6) is 1.33. The first-order chi connectivity index (χ1) is 13.1. The van der Waals surface area contributed by atoms with Crippen LogP contribution >= 0.6 is 22.9 Å². The zero-order chi connectivity index (χ0) is 18.8. The Morgan fingerprint density at radius 3 is 3.11 bits per heavy atom. The van der Waals surface area contributed by atoms with Gasteiger partial charge in [0.15, 0.2) is 0 Å². The number of thiophene rings is 1. The Morgan fingerprint density at radius 1 is 1.44 bits per heavy atom. The number of anilines is 3. The van der Waals surface area contributed by atoms with Crippen LogP contribution in [0.25, 0.3) is 10.2 Å². The second-order valence-corrected chi connectivity index (χ2v) is 8.18. The molecule has 9 heteroatoms. The van der Waals surface area contributed by atoms with Crippen LogP contribution in [0.4, 0.5) is 16.8 Å². The van der Waals surface area contributed by atoms with E-state index in [-0.39, 0.29) is 11.9 Å². The molecule has 0 aliphatic carbocycles. The molecule has 1 fully saturated rings. The maximum Gasteiger partial charge on any atom is 0.246 e. The van der Waals surface area contributed by atoms with Gasteiger partial charge in [-0.25, -0.2) is 4.98 Å². The lowest BCUT2D eigenvalue weighted by atomic mass is 10.1. The van der Waals surface area contributed by atoms with E-state index >= 15 is 0 Å². The summed E-state index contributed by atoms with van der Waals surface area (Å²) in [5.41, 5.74) is 1.86. The molecule has 4 rings (SSSR count). The highest BCUT2D eigenvalue weighted by Gasteiger charge is 2.23. The van der Waals surface area contributed by atoms with Gasteiger partial charge in [-0.3, -0.25) is 4.79 Å². The predicted molar refractivity (Wildman–Crippen MR) is 111 cm³/mol. The number of fused-ring (bicyclic) bond motifs is 1. The van der Waals surface area contributed by atoms with Crippen LogP contribution in [0.3, 0.4) is 0 Å². The van der Waals surface area contributed by atoms with Crippen LogP contribution in [0.2, 0.25) is 0 Å². The van der Waals surface area contributed by atoms with Gasteiger partial charge in [-0.1, -0.05) is 6.58 Å². The third kappa shape index (κ3) is 3.93. The molecule has 1 amide bonds. The fourth-order valence-electron chi connectivity index (χ4n) is 3.17. The molecule has 1 atom stereocenters. The zero-order valence-electron chi connectivity index (χ0n) is 14.9. The number of nitrogens with zero attached hydrogens (tertiary/aromatic N) is 4. The number of carbonyl (C=O) groups excluding carboxylic acids is 1. The minimum absolute atomic E-state index is 0.0200. The Balaban J connectivity index is 1.57. The van der Waals surface area contributed by atoms with Crippen LogP contribution in [0.5, 0.6) is 0 Å². The third-order valence-corrected chi connectivity index (χ3v) is 6.12. The van der Waals surface area contributed by atoms with E-state index in [2.05, 4.69) is 26.6 Å². The molecule has 3 aromatic heterocycles. The number of aromatic nitrogens is 3. The number of nitrogens with one attached hydrogen (secondary N) is 2. The molecule has 0 bridgehead atoms. The van der Waals surface area contributed by atoms with Gasteiger partial charge in [-0.2, -0.15) is 9.36 Å². The van der Waals surface area contributed by atoms with E-state index in [9.17, 15) is 4.79 Å². The van der Waals surface area contributed by atoms with Gasteiger partial charge in [0.05, 0.1) is 15.9 Å². The first-order valence-electron chi connectivity index (χ1n) is 8.76. The van der Waals surface area contributed by atoms with Gasteiger partial charge in [-0.15, -0.1) is 11.3 Å². The Labute approximate surface area is 165 Å². The monoisotopic (exact) mass is 400 g/mol. The SMILES string of the molecule is C=CC(=O)N1CCC[C@@H](Nc2nc(Nc3cc(C)ns3)nc3ccsc23)C1. The molecular weight excluding hydrogens is 380 g/mol. The zero-order valence-corrected chi connectivity index (χ0v) is 16.6. The molecule has 0 saturated carbocycles. The first-order valence-corrected chi connectivity index (χ1v) is 10.4. The van der Waals surface area contributed by atoms with Gasteiger partial charge in [0, 0.05) is 19.1 Å². The molecule has 27 heavy (non-hydrogen) atoms. The number of aryl methyl sites for hydroxylation is 1. The van der Waals surface area contributed by atoms with E-state index in [1.54, 1.807) is 11.3 Å². The lowest BCUT2D eigenvalue weighted by Crippen LogP contribution is -2.44. The summed E-state index contributed by atoms with van der Waals surface area (Å²) in [6.07, 6.45) is 3.33. The van der Waals surface area contributed by atoms with Crippen molar-refractivity contribution in [1.29, 1.82) is 0 Å². The molecule has 0 radical (unpaired) electrons. The molecular formula is C18H20N6OS2. The summed E-state index contributed by atoms with van der Waals surface area (Å²) in [4.78, 5) is 23.1. The molecule has 0 unspecified atom stereocenters. The van der Waals surface area contributed by atoms with Crippen molar-refractivity contribution >= 4 is 55.8 Å². The van der Waals surface area contributed by atoms with Crippen molar-refractivity contribution in [2.45, 2.75) is 25.8 Å². The first kappa shape index (κ1) is 17.9. The maximum atomic E-state index is 11.9. The van der Waals surface area contributed by atoms with Gasteiger partial charge >= 0.3 is 0 Å². The Morgan fingerprint density at radius 2 is 2.33 bits per heavy atom. The number of rotatable bonds is 5. The summed E-state index contributed by atoms with van der Waals surface area (Å²) in [6, 6.07) is 4.12. The lowest BCUT2D eigenvalue weighted by Gasteiger charge is -2.32. The van der Waals surface area contributed by atoms with Crippen molar-refractivity contribution in [2.75, 3.05) is 23.7 Å². The molecule has 0 aromatic carbocycles. The van der Waals surface area contributed by atoms with E-state index in [0.29, 0.717) is 12.5 Å². The Bertz CT molecular complexity index is 981. The minimum atomic E-state index is -0.0200. The van der Waals surface area contributed by atoms with E-state index in [0.717, 1.165) is 46.1 Å². The number of amides is 1. The number of likely N-dealkylation sites (tertiary alicyclic amines) is 1. The van der Waals surface area contributed by atoms with Crippen LogP contribution in [-0.4, -0.2) is 44.3 Å². The number of hydrogen-bond donors (Lipinski definition) is 2. The summed E-state index contributed by atoms with van der Waals surface area (Å²) in [5, 5.41) is 9.69. The molecule has 3 aromatic rings. The quantitative estimate of drug-likeness (QED) is 0.634. The summed E-state index contributed by atoms with van der Waals surface area (Å²) < 4.78 is 5.30. The van der Waals surface area contributed by atoms with Crippen LogP contribution in [0.1, 0.15) is 18.5 Å². The van der Waals surface area contributed by atoms with Crippen molar-refractivity contribution < 1.29 is 4.79 Å². The average molecular weight is 401 g/mol. The van der Waals surface area contributed by atoms with Gasteiger partial charge in [-0.05, 0) is 54.9 Å². The third-order valence-electron chi connectivity index (χ3n) is 4.42. The second-order valence-electron chi connectivity index (χ2n) is 6.46. The standard InChI is InChI=1S/C18H20N6OS2/c1-3-15(25)24-7-4-5-12(10-24)19-17-16-13(6-8-26-16)20-18(22-17)21-14-9-11(2)23-27-14/h3,6,8-9,12H,1,4-5,7,10H2,2H3,(H2,19,20,21,22)/t12-/m1/s1. The fourth-order valence-corrected chi connectivity index (χ4v) is 4.61. The molecule has 140 valence electrons. The van der Waals surface area contributed by atoms with Crippen molar-refractivity contribution in [3.05, 3.63) is 35.9 Å². The van der Waals surface area contributed by atoms with Crippen molar-refractivity contribution in [3.63, 3.8) is 0 Å². The van der Waals surface area contributed by atoms with E-state index in [1.165, 1.54) is 17.6 Å². The van der Waals surface area contributed by atoms with Crippen molar-refractivity contribution in [1.82, 2.24) is 19.2 Å². The number of carbonyl (C=O) groups is 1. The number of hydrogen-bond acceptors (Lipinski definition) is 8. The smallest absolute Gasteiger partial charge is 0.246 e. The Kier molecular flexibility index (Phi) is 5.04. The lowest BCUT2D eigenvalue weighted by molar-refractivity contribution is -0.127. The van der Waals surface area contributed by atoms with Crippen LogP contribution in [-0.2, 0) is 4.79 Å². The highest BCUT2D eigenvalue weighted by Crippen LogP contribution is 2.30. The highest BCUT2D eigenvalue weighted by atomic mass is 32.1. The topological polar surface area (TPSA) is 83.0 Å². The summed E-state index contributed by atoms with van der Waals surface area (Å²) in [6.45, 7) is 6.97. The normalized spacial score (nSPS) is 17.1. The fraction of sp³-hybridized carbons (Fsp3) is 0.333. The van der Waals surface area contributed by atoms with Gasteiger partial charge in [0.25, 0.3) is 0 Å². The molecule has 0 spiro atoms.